The lowest BCUT2D eigenvalue weighted by atomic mass is 9.85. The molecule has 0 amide bonds. The second kappa shape index (κ2) is 9.91. The van der Waals surface area contributed by atoms with E-state index in [2.05, 4.69) is 25.6 Å². The zero-order valence-corrected chi connectivity index (χ0v) is 14.5. The second-order valence-corrected chi connectivity index (χ2v) is 7.00. The number of hydrogen-bond donors (Lipinski definition) is 0. The van der Waals surface area contributed by atoms with E-state index in [1.54, 1.807) is 0 Å². The Morgan fingerprint density at radius 1 is 1.05 bits per heavy atom. The Morgan fingerprint density at radius 3 is 2.53 bits per heavy atom. The standard InChI is InChI=1S/C16H28S.C2H6/c1-3-8-14-10-6-4-5-9-13(2)16-15(14)11-7-12-17-16;1-2/h13-14H,3-12H2,1-2H3;1-2H3. The fraction of sp³-hybridized carbons (Fsp3) is 0.889. The highest BCUT2D eigenvalue weighted by atomic mass is 32.2. The molecule has 0 aromatic carbocycles. The third-order valence-electron chi connectivity index (χ3n) is 4.43. The lowest BCUT2D eigenvalue weighted by Crippen LogP contribution is -2.13. The van der Waals surface area contributed by atoms with Gasteiger partial charge >= 0.3 is 0 Å². The maximum absolute atomic E-state index is 2.47. The molecule has 1 heteroatoms. The SMILES string of the molecule is CC.CCCC1CCCCCC(C)C2=C1CCCS2. The molecule has 0 aromatic heterocycles. The molecule has 0 aromatic rings. The van der Waals surface area contributed by atoms with Crippen LogP contribution in [0.15, 0.2) is 10.5 Å². The van der Waals surface area contributed by atoms with E-state index >= 15 is 0 Å². The third-order valence-corrected chi connectivity index (χ3v) is 5.90. The summed E-state index contributed by atoms with van der Waals surface area (Å²) >= 11 is 2.20. The average molecular weight is 283 g/mol. The van der Waals surface area contributed by atoms with Crippen molar-refractivity contribution in [1.29, 1.82) is 0 Å². The molecule has 112 valence electrons. The molecule has 1 aliphatic heterocycles. The van der Waals surface area contributed by atoms with Crippen LogP contribution in [0.2, 0.25) is 0 Å². The first-order valence-corrected chi connectivity index (χ1v) is 9.67. The van der Waals surface area contributed by atoms with Crippen molar-refractivity contribution in [2.45, 2.75) is 85.5 Å². The van der Waals surface area contributed by atoms with Crippen molar-refractivity contribution in [1.82, 2.24) is 0 Å². The van der Waals surface area contributed by atoms with Gasteiger partial charge in [0.15, 0.2) is 0 Å². The molecule has 0 nitrogen and oxygen atoms in total. The van der Waals surface area contributed by atoms with Crippen molar-refractivity contribution in [3.8, 4) is 0 Å². The van der Waals surface area contributed by atoms with Gasteiger partial charge in [0, 0.05) is 0 Å². The Morgan fingerprint density at radius 2 is 1.79 bits per heavy atom. The van der Waals surface area contributed by atoms with Crippen LogP contribution in [0.1, 0.15) is 85.5 Å². The fourth-order valence-corrected chi connectivity index (χ4v) is 4.88. The first-order valence-electron chi connectivity index (χ1n) is 8.68. The molecule has 2 unspecified atom stereocenters. The summed E-state index contributed by atoms with van der Waals surface area (Å²) in [5.74, 6) is 3.17. The van der Waals surface area contributed by atoms with Crippen LogP contribution in [-0.2, 0) is 0 Å². The van der Waals surface area contributed by atoms with Gasteiger partial charge in [0.1, 0.15) is 0 Å². The Labute approximate surface area is 125 Å². The lowest BCUT2D eigenvalue weighted by Gasteiger charge is -2.29. The van der Waals surface area contributed by atoms with Crippen molar-refractivity contribution in [3.05, 3.63) is 10.5 Å². The van der Waals surface area contributed by atoms with Gasteiger partial charge < -0.3 is 0 Å². The van der Waals surface area contributed by atoms with Crippen molar-refractivity contribution < 1.29 is 0 Å². The zero-order chi connectivity index (χ0) is 14.1. The van der Waals surface area contributed by atoms with Crippen LogP contribution in [0.5, 0.6) is 0 Å². The maximum atomic E-state index is 2.47. The molecule has 2 rings (SSSR count). The summed E-state index contributed by atoms with van der Waals surface area (Å²) in [7, 11) is 0. The van der Waals surface area contributed by atoms with E-state index in [1.165, 1.54) is 63.5 Å². The maximum Gasteiger partial charge on any atom is -0.00201 e. The zero-order valence-electron chi connectivity index (χ0n) is 13.6. The smallest absolute Gasteiger partial charge is 0.00201 e. The van der Waals surface area contributed by atoms with Crippen molar-refractivity contribution in [2.24, 2.45) is 11.8 Å². The fourth-order valence-electron chi connectivity index (χ4n) is 3.52. The lowest BCUT2D eigenvalue weighted by molar-refractivity contribution is 0.467. The highest BCUT2D eigenvalue weighted by Crippen LogP contribution is 2.43. The van der Waals surface area contributed by atoms with Gasteiger partial charge in [-0.05, 0) is 54.6 Å². The summed E-state index contributed by atoms with van der Waals surface area (Å²) in [6, 6.07) is 0. The van der Waals surface area contributed by atoms with E-state index < -0.39 is 0 Å². The number of hydrogen-bond acceptors (Lipinski definition) is 1. The number of rotatable bonds is 2. The monoisotopic (exact) mass is 282 g/mol. The van der Waals surface area contributed by atoms with Crippen LogP contribution < -0.4 is 0 Å². The third kappa shape index (κ3) is 5.17. The van der Waals surface area contributed by atoms with Gasteiger partial charge in [-0.25, -0.2) is 0 Å². The molecule has 1 aliphatic carbocycles. The average Bonchev–Trinajstić information content (AvgIpc) is 2.54. The quantitative estimate of drug-likeness (QED) is 0.536. The van der Waals surface area contributed by atoms with E-state index in [4.69, 9.17) is 0 Å². The van der Waals surface area contributed by atoms with Gasteiger partial charge in [0.2, 0.25) is 0 Å². The van der Waals surface area contributed by atoms with Gasteiger partial charge in [-0.15, -0.1) is 11.8 Å². The second-order valence-electron chi connectivity index (χ2n) is 5.87. The van der Waals surface area contributed by atoms with E-state index in [9.17, 15) is 0 Å². The predicted molar refractivity (Wildman–Crippen MR) is 90.7 cm³/mol. The Hall–Kier alpha value is 0.0900. The van der Waals surface area contributed by atoms with Crippen LogP contribution in [-0.4, -0.2) is 5.75 Å². The van der Waals surface area contributed by atoms with E-state index in [-0.39, 0.29) is 0 Å². The van der Waals surface area contributed by atoms with Gasteiger partial charge in [0.05, 0.1) is 0 Å². The van der Waals surface area contributed by atoms with Gasteiger partial charge in [0.25, 0.3) is 0 Å². The largest absolute Gasteiger partial charge is 0.130 e. The highest BCUT2D eigenvalue weighted by molar-refractivity contribution is 8.03. The minimum absolute atomic E-state index is 0.854. The van der Waals surface area contributed by atoms with E-state index in [1.807, 2.05) is 24.3 Å². The molecule has 0 saturated heterocycles. The van der Waals surface area contributed by atoms with E-state index in [0.717, 1.165) is 11.8 Å². The van der Waals surface area contributed by atoms with Crippen LogP contribution in [0, 0.1) is 11.8 Å². The highest BCUT2D eigenvalue weighted by Gasteiger charge is 2.25. The van der Waals surface area contributed by atoms with E-state index in [0.29, 0.717) is 0 Å². The van der Waals surface area contributed by atoms with Crippen molar-refractivity contribution in [2.75, 3.05) is 5.75 Å². The molecular formula is C18H34S. The normalized spacial score (nSPS) is 28.4. The summed E-state index contributed by atoms with van der Waals surface area (Å²) in [6.45, 7) is 8.83. The summed E-state index contributed by atoms with van der Waals surface area (Å²) < 4.78 is 0. The van der Waals surface area contributed by atoms with Crippen molar-refractivity contribution in [3.63, 3.8) is 0 Å². The van der Waals surface area contributed by atoms with Crippen LogP contribution >= 0.6 is 11.8 Å². The number of thioether (sulfide) groups is 1. The Kier molecular flexibility index (Phi) is 8.94. The van der Waals surface area contributed by atoms with Crippen LogP contribution in [0.4, 0.5) is 0 Å². The molecule has 2 aliphatic rings. The van der Waals surface area contributed by atoms with Gasteiger partial charge in [-0.1, -0.05) is 59.0 Å². The topological polar surface area (TPSA) is 0 Å². The summed E-state index contributed by atoms with van der Waals surface area (Å²) in [5.41, 5.74) is 1.89. The minimum Gasteiger partial charge on any atom is -0.130 e. The van der Waals surface area contributed by atoms with Crippen LogP contribution in [0.3, 0.4) is 0 Å². The van der Waals surface area contributed by atoms with Gasteiger partial charge in [-0.2, -0.15) is 0 Å². The molecule has 1 heterocycles. The molecule has 0 N–H and O–H groups in total. The molecular weight excluding hydrogens is 248 g/mol. The summed E-state index contributed by atoms with van der Waals surface area (Å²) in [6.07, 6.45) is 12.9. The van der Waals surface area contributed by atoms with Crippen LogP contribution in [0.25, 0.3) is 0 Å². The molecule has 0 bridgehead atoms. The molecule has 19 heavy (non-hydrogen) atoms. The first kappa shape index (κ1) is 17.1. The summed E-state index contributed by atoms with van der Waals surface area (Å²) in [4.78, 5) is 1.82. The minimum atomic E-state index is 0.854. The predicted octanol–water partition coefficient (Wildman–Crippen LogP) is 6.81. The molecule has 0 spiro atoms. The molecule has 2 atom stereocenters. The molecule has 0 radical (unpaired) electrons. The molecule has 0 fully saturated rings. The number of allylic oxidation sites excluding steroid dienone is 2. The first-order chi connectivity index (χ1) is 9.33. The summed E-state index contributed by atoms with van der Waals surface area (Å²) in [5, 5.41) is 0. The van der Waals surface area contributed by atoms with Gasteiger partial charge in [-0.3, -0.25) is 0 Å². The Balaban J connectivity index is 0.000000861. The Bertz CT molecular complexity index is 267. The van der Waals surface area contributed by atoms with Crippen molar-refractivity contribution >= 4 is 11.8 Å². The molecule has 0 saturated carbocycles.